The Labute approximate surface area is 113 Å². The normalized spacial score (nSPS) is 15.4. The first kappa shape index (κ1) is 13.0. The van der Waals surface area contributed by atoms with Gasteiger partial charge in [-0.2, -0.15) is 0 Å². The van der Waals surface area contributed by atoms with Gasteiger partial charge in [-0.1, -0.05) is 11.6 Å². The van der Waals surface area contributed by atoms with Crippen LogP contribution in [0.15, 0.2) is 12.3 Å². The molecule has 0 spiro atoms. The zero-order valence-corrected chi connectivity index (χ0v) is 11.8. The van der Waals surface area contributed by atoms with Crippen molar-refractivity contribution in [2.24, 2.45) is 5.92 Å². The van der Waals surface area contributed by atoms with Crippen LogP contribution in [-0.4, -0.2) is 17.6 Å². The Balaban J connectivity index is 2.21. The van der Waals surface area contributed by atoms with E-state index in [4.69, 9.17) is 23.2 Å². The molecule has 1 saturated carbocycles. The van der Waals surface area contributed by atoms with Crippen LogP contribution in [0.3, 0.4) is 0 Å². The smallest absolute Gasteiger partial charge is 0.129 e. The quantitative estimate of drug-likeness (QED) is 0.751. The van der Waals surface area contributed by atoms with Gasteiger partial charge < -0.3 is 4.90 Å². The third-order valence-corrected chi connectivity index (χ3v) is 3.76. The molecule has 4 heteroatoms. The fourth-order valence-corrected chi connectivity index (χ4v) is 2.33. The van der Waals surface area contributed by atoms with E-state index in [9.17, 15) is 0 Å². The van der Waals surface area contributed by atoms with E-state index in [1.807, 2.05) is 6.07 Å². The van der Waals surface area contributed by atoms with Gasteiger partial charge in [0.2, 0.25) is 0 Å². The van der Waals surface area contributed by atoms with Gasteiger partial charge in [-0.3, -0.25) is 0 Å². The van der Waals surface area contributed by atoms with Gasteiger partial charge in [0.15, 0.2) is 0 Å². The monoisotopic (exact) mass is 272 g/mol. The molecular weight excluding hydrogens is 255 g/mol. The van der Waals surface area contributed by atoms with Gasteiger partial charge in [0.05, 0.1) is 5.02 Å². The number of pyridine rings is 1. The van der Waals surface area contributed by atoms with Crippen LogP contribution >= 0.6 is 23.2 Å². The first-order chi connectivity index (χ1) is 8.11. The van der Waals surface area contributed by atoms with E-state index >= 15 is 0 Å². The highest BCUT2D eigenvalue weighted by Crippen LogP contribution is 2.32. The van der Waals surface area contributed by atoms with E-state index in [-0.39, 0.29) is 0 Å². The van der Waals surface area contributed by atoms with E-state index in [2.05, 4.69) is 23.7 Å². The summed E-state index contributed by atoms with van der Waals surface area (Å²) in [7, 11) is 0. The highest BCUT2D eigenvalue weighted by atomic mass is 35.5. The van der Waals surface area contributed by atoms with Crippen LogP contribution in [0.4, 0.5) is 5.82 Å². The number of rotatable bonds is 5. The minimum absolute atomic E-state index is 0.434. The average Bonchev–Trinajstić information content (AvgIpc) is 3.10. The van der Waals surface area contributed by atoms with E-state index < -0.39 is 0 Å². The van der Waals surface area contributed by atoms with Crippen LogP contribution in [0.1, 0.15) is 32.3 Å². The summed E-state index contributed by atoms with van der Waals surface area (Å²) in [6, 6.07) is 2.46. The molecule has 0 aromatic carbocycles. The Kier molecular flexibility index (Phi) is 4.16. The highest BCUT2D eigenvalue weighted by Gasteiger charge is 2.26. The van der Waals surface area contributed by atoms with Crippen molar-refractivity contribution in [3.05, 3.63) is 22.8 Å². The number of anilines is 1. The third kappa shape index (κ3) is 3.26. The molecule has 0 atom stereocenters. The second-order valence-corrected chi connectivity index (χ2v) is 5.63. The first-order valence-electron chi connectivity index (χ1n) is 6.09. The summed E-state index contributed by atoms with van der Waals surface area (Å²) in [5, 5.41) is 0.652. The molecule has 0 N–H and O–H groups in total. The van der Waals surface area contributed by atoms with E-state index in [1.54, 1.807) is 6.20 Å². The Morgan fingerprint density at radius 2 is 2.18 bits per heavy atom. The van der Waals surface area contributed by atoms with Crippen LogP contribution in [0, 0.1) is 5.92 Å². The van der Waals surface area contributed by atoms with Gasteiger partial charge in [-0.15, -0.1) is 11.6 Å². The molecule has 2 rings (SSSR count). The Hall–Kier alpha value is -0.470. The maximum atomic E-state index is 6.03. The van der Waals surface area contributed by atoms with Crippen molar-refractivity contribution in [1.29, 1.82) is 0 Å². The fraction of sp³-hybridized carbons (Fsp3) is 0.615. The van der Waals surface area contributed by atoms with Crippen molar-refractivity contribution in [2.75, 3.05) is 11.4 Å². The average molecular weight is 273 g/mol. The van der Waals surface area contributed by atoms with Gasteiger partial charge in [-0.25, -0.2) is 4.98 Å². The molecule has 0 bridgehead atoms. The molecular formula is C13H18Cl2N2. The molecule has 0 aliphatic heterocycles. The van der Waals surface area contributed by atoms with Gasteiger partial charge in [-0.05, 0) is 44.2 Å². The minimum Gasteiger partial charge on any atom is -0.354 e. The molecule has 1 aromatic rings. The summed E-state index contributed by atoms with van der Waals surface area (Å²) in [6.07, 6.45) is 4.40. The van der Waals surface area contributed by atoms with Crippen molar-refractivity contribution in [3.63, 3.8) is 0 Å². The van der Waals surface area contributed by atoms with Crippen LogP contribution in [0.5, 0.6) is 0 Å². The fourth-order valence-electron chi connectivity index (χ4n) is 1.87. The zero-order chi connectivity index (χ0) is 12.4. The summed E-state index contributed by atoms with van der Waals surface area (Å²) in [5.74, 6) is 2.27. The minimum atomic E-state index is 0.434. The summed E-state index contributed by atoms with van der Waals surface area (Å²) < 4.78 is 0. The number of hydrogen-bond donors (Lipinski definition) is 0. The van der Waals surface area contributed by atoms with Crippen molar-refractivity contribution < 1.29 is 0 Å². The predicted molar refractivity (Wildman–Crippen MR) is 74.0 cm³/mol. The van der Waals surface area contributed by atoms with E-state index in [0.717, 1.165) is 23.8 Å². The van der Waals surface area contributed by atoms with Crippen molar-refractivity contribution >= 4 is 29.0 Å². The number of alkyl halides is 1. The summed E-state index contributed by atoms with van der Waals surface area (Å²) in [4.78, 5) is 6.76. The van der Waals surface area contributed by atoms with Crippen LogP contribution in [0.25, 0.3) is 0 Å². The maximum Gasteiger partial charge on any atom is 0.129 e. The molecule has 0 radical (unpaired) electrons. The molecule has 1 aliphatic rings. The molecule has 1 aromatic heterocycles. The van der Waals surface area contributed by atoms with Gasteiger partial charge in [0.1, 0.15) is 5.82 Å². The third-order valence-electron chi connectivity index (χ3n) is 3.13. The van der Waals surface area contributed by atoms with Gasteiger partial charge >= 0.3 is 0 Å². The molecule has 17 heavy (non-hydrogen) atoms. The van der Waals surface area contributed by atoms with Crippen molar-refractivity contribution in [3.8, 4) is 0 Å². The molecule has 0 saturated heterocycles. The Bertz CT molecular complexity index is 389. The topological polar surface area (TPSA) is 16.1 Å². The van der Waals surface area contributed by atoms with Crippen molar-refractivity contribution in [1.82, 2.24) is 4.98 Å². The molecule has 0 amide bonds. The van der Waals surface area contributed by atoms with Crippen LogP contribution < -0.4 is 4.90 Å². The summed E-state index contributed by atoms with van der Waals surface area (Å²) in [5.41, 5.74) is 0.958. The molecule has 2 nitrogen and oxygen atoms in total. The zero-order valence-electron chi connectivity index (χ0n) is 10.3. The first-order valence-corrected chi connectivity index (χ1v) is 7.00. The second kappa shape index (κ2) is 5.45. The van der Waals surface area contributed by atoms with Gasteiger partial charge in [0.25, 0.3) is 0 Å². The molecule has 1 heterocycles. The standard InChI is InChI=1S/C13H18Cl2N2/c1-9(2)17(8-10-3-4-10)13-5-11(6-14)12(15)7-16-13/h5,7,9-10H,3-4,6,8H2,1-2H3. The number of hydrogen-bond acceptors (Lipinski definition) is 2. The largest absolute Gasteiger partial charge is 0.354 e. The summed E-state index contributed by atoms with van der Waals surface area (Å²) in [6.45, 7) is 5.48. The lowest BCUT2D eigenvalue weighted by Gasteiger charge is -2.28. The van der Waals surface area contributed by atoms with Crippen molar-refractivity contribution in [2.45, 2.75) is 38.6 Å². The lowest BCUT2D eigenvalue weighted by Crippen LogP contribution is -2.33. The molecule has 1 fully saturated rings. The maximum absolute atomic E-state index is 6.03. The molecule has 0 unspecified atom stereocenters. The number of nitrogens with zero attached hydrogens (tertiary/aromatic N) is 2. The SMILES string of the molecule is CC(C)N(CC1CC1)c1cc(CCl)c(Cl)cn1. The molecule has 1 aliphatic carbocycles. The van der Waals surface area contributed by atoms with Crippen LogP contribution in [-0.2, 0) is 5.88 Å². The Morgan fingerprint density at radius 3 is 2.71 bits per heavy atom. The highest BCUT2D eigenvalue weighted by molar-refractivity contribution is 6.32. The van der Waals surface area contributed by atoms with Gasteiger partial charge in [0, 0.05) is 24.7 Å². The lowest BCUT2D eigenvalue weighted by atomic mass is 10.2. The second-order valence-electron chi connectivity index (χ2n) is 4.96. The Morgan fingerprint density at radius 1 is 1.47 bits per heavy atom. The molecule has 94 valence electrons. The van der Waals surface area contributed by atoms with E-state index in [0.29, 0.717) is 16.9 Å². The van der Waals surface area contributed by atoms with E-state index in [1.165, 1.54) is 12.8 Å². The van der Waals surface area contributed by atoms with Crippen LogP contribution in [0.2, 0.25) is 5.02 Å². The predicted octanol–water partition coefficient (Wildman–Crippen LogP) is 4.10. The number of halogens is 2. The summed E-state index contributed by atoms with van der Waals surface area (Å²) >= 11 is 11.9. The lowest BCUT2D eigenvalue weighted by molar-refractivity contribution is 0.636. The number of aromatic nitrogens is 1.